The summed E-state index contributed by atoms with van der Waals surface area (Å²) in [6.45, 7) is 5.85. The van der Waals surface area contributed by atoms with Gasteiger partial charge >= 0.3 is 0 Å². The lowest BCUT2D eigenvalue weighted by Gasteiger charge is -2.17. The summed E-state index contributed by atoms with van der Waals surface area (Å²) in [5.74, 6) is 2.36. The van der Waals surface area contributed by atoms with Gasteiger partial charge in [0, 0.05) is 0 Å². The van der Waals surface area contributed by atoms with Crippen molar-refractivity contribution in [2.75, 3.05) is 0 Å². The zero-order chi connectivity index (χ0) is 14.4. The van der Waals surface area contributed by atoms with Crippen LogP contribution in [0, 0.1) is 0 Å². The quantitative estimate of drug-likeness (QED) is 0.718. The summed E-state index contributed by atoms with van der Waals surface area (Å²) in [4.78, 5) is 0. The largest absolute Gasteiger partial charge is 0.465 e. The minimum absolute atomic E-state index is 0.144. The number of benzene rings is 2. The van der Waals surface area contributed by atoms with Crippen molar-refractivity contribution in [3.05, 3.63) is 54.6 Å². The van der Waals surface area contributed by atoms with Gasteiger partial charge < -0.3 is 14.2 Å². The first-order valence-electron chi connectivity index (χ1n) is 6.78. The maximum Gasteiger partial charge on any atom is 0.197 e. The number of hydrogen-bond acceptors (Lipinski definition) is 3. The van der Waals surface area contributed by atoms with Crippen molar-refractivity contribution in [2.45, 2.75) is 33.2 Å². The van der Waals surface area contributed by atoms with E-state index in [4.69, 9.17) is 14.2 Å². The van der Waals surface area contributed by atoms with Crippen LogP contribution in [0.25, 0.3) is 0 Å². The molecule has 0 spiro atoms. The van der Waals surface area contributed by atoms with Gasteiger partial charge in [0.05, 0.1) is 6.10 Å². The SMILES string of the molecule is CC(C)OC(C)Oc1ccc(Oc2ccccc2)cc1. The summed E-state index contributed by atoms with van der Waals surface area (Å²) < 4.78 is 16.9. The van der Waals surface area contributed by atoms with Crippen molar-refractivity contribution in [3.63, 3.8) is 0 Å². The molecule has 3 heteroatoms. The lowest BCUT2D eigenvalue weighted by molar-refractivity contribution is -0.0950. The van der Waals surface area contributed by atoms with Crippen LogP contribution < -0.4 is 9.47 Å². The van der Waals surface area contributed by atoms with E-state index in [2.05, 4.69) is 0 Å². The molecule has 0 saturated carbocycles. The van der Waals surface area contributed by atoms with Crippen molar-refractivity contribution in [1.82, 2.24) is 0 Å². The average Bonchev–Trinajstić information content (AvgIpc) is 2.41. The molecule has 0 fully saturated rings. The average molecular weight is 272 g/mol. The highest BCUT2D eigenvalue weighted by Crippen LogP contribution is 2.24. The Bertz CT molecular complexity index is 506. The van der Waals surface area contributed by atoms with Gasteiger partial charge in [0.1, 0.15) is 17.2 Å². The van der Waals surface area contributed by atoms with Crippen LogP contribution in [0.2, 0.25) is 0 Å². The number of hydrogen-bond donors (Lipinski definition) is 0. The second-order valence-electron chi connectivity index (χ2n) is 4.76. The lowest BCUT2D eigenvalue weighted by atomic mass is 10.3. The van der Waals surface area contributed by atoms with Gasteiger partial charge in [-0.2, -0.15) is 0 Å². The molecule has 0 heterocycles. The standard InChI is InChI=1S/C17H20O3/c1-13(2)18-14(3)19-16-9-11-17(12-10-16)20-15-7-5-4-6-8-15/h4-14H,1-3H3. The third-order valence-electron chi connectivity index (χ3n) is 2.57. The first-order chi connectivity index (χ1) is 9.63. The van der Waals surface area contributed by atoms with Crippen LogP contribution in [0.15, 0.2) is 54.6 Å². The van der Waals surface area contributed by atoms with E-state index in [1.807, 2.05) is 75.4 Å². The highest BCUT2D eigenvalue weighted by Gasteiger charge is 2.06. The van der Waals surface area contributed by atoms with Crippen LogP contribution in [0.3, 0.4) is 0 Å². The Balaban J connectivity index is 1.93. The van der Waals surface area contributed by atoms with Crippen LogP contribution in [-0.2, 0) is 4.74 Å². The van der Waals surface area contributed by atoms with E-state index in [1.165, 1.54) is 0 Å². The normalized spacial score (nSPS) is 12.2. The number of ether oxygens (including phenoxy) is 3. The summed E-state index contributed by atoms with van der Waals surface area (Å²) in [7, 11) is 0. The van der Waals surface area contributed by atoms with Crippen molar-refractivity contribution in [3.8, 4) is 17.2 Å². The van der Waals surface area contributed by atoms with Gasteiger partial charge in [-0.15, -0.1) is 0 Å². The predicted octanol–water partition coefficient (Wildman–Crippen LogP) is 4.63. The Morgan fingerprint density at radius 2 is 1.25 bits per heavy atom. The minimum atomic E-state index is -0.268. The highest BCUT2D eigenvalue weighted by atomic mass is 16.7. The molecule has 0 saturated heterocycles. The van der Waals surface area contributed by atoms with Crippen molar-refractivity contribution in [1.29, 1.82) is 0 Å². The molecule has 0 bridgehead atoms. The van der Waals surface area contributed by atoms with Crippen LogP contribution in [0.4, 0.5) is 0 Å². The molecule has 1 unspecified atom stereocenters. The molecule has 2 aromatic carbocycles. The third-order valence-corrected chi connectivity index (χ3v) is 2.57. The minimum Gasteiger partial charge on any atom is -0.465 e. The monoisotopic (exact) mass is 272 g/mol. The zero-order valence-corrected chi connectivity index (χ0v) is 12.1. The molecule has 1 atom stereocenters. The van der Waals surface area contributed by atoms with E-state index in [1.54, 1.807) is 0 Å². The van der Waals surface area contributed by atoms with Crippen LogP contribution in [0.1, 0.15) is 20.8 Å². The summed E-state index contributed by atoms with van der Waals surface area (Å²) in [5, 5.41) is 0. The van der Waals surface area contributed by atoms with E-state index in [0.29, 0.717) is 0 Å². The summed E-state index contributed by atoms with van der Waals surface area (Å²) >= 11 is 0. The fourth-order valence-corrected chi connectivity index (χ4v) is 1.81. The van der Waals surface area contributed by atoms with Crippen molar-refractivity contribution >= 4 is 0 Å². The first kappa shape index (κ1) is 14.4. The Morgan fingerprint density at radius 3 is 1.85 bits per heavy atom. The number of para-hydroxylation sites is 1. The summed E-state index contributed by atoms with van der Waals surface area (Å²) in [5.41, 5.74) is 0. The molecule has 20 heavy (non-hydrogen) atoms. The molecule has 0 aromatic heterocycles. The van der Waals surface area contributed by atoms with E-state index < -0.39 is 0 Å². The van der Waals surface area contributed by atoms with E-state index in [-0.39, 0.29) is 12.4 Å². The molecule has 0 N–H and O–H groups in total. The fraction of sp³-hybridized carbons (Fsp3) is 0.294. The first-order valence-corrected chi connectivity index (χ1v) is 6.78. The van der Waals surface area contributed by atoms with Gasteiger partial charge in [-0.05, 0) is 57.2 Å². The maximum atomic E-state index is 5.72. The Kier molecular flexibility index (Phi) is 5.02. The maximum absolute atomic E-state index is 5.72. The Labute approximate surface area is 120 Å². The molecule has 0 amide bonds. The topological polar surface area (TPSA) is 27.7 Å². The van der Waals surface area contributed by atoms with E-state index in [0.717, 1.165) is 17.2 Å². The molecule has 0 aliphatic heterocycles. The Hall–Kier alpha value is -2.00. The molecule has 106 valence electrons. The van der Waals surface area contributed by atoms with Gasteiger partial charge in [0.15, 0.2) is 6.29 Å². The summed E-state index contributed by atoms with van der Waals surface area (Å²) in [6.07, 6.45) is -0.124. The van der Waals surface area contributed by atoms with Gasteiger partial charge in [-0.3, -0.25) is 0 Å². The molecule has 2 rings (SSSR count). The third kappa shape index (κ3) is 4.59. The molecule has 0 aliphatic rings. The highest BCUT2D eigenvalue weighted by molar-refractivity contribution is 5.35. The zero-order valence-electron chi connectivity index (χ0n) is 12.1. The van der Waals surface area contributed by atoms with Gasteiger partial charge in [-0.25, -0.2) is 0 Å². The van der Waals surface area contributed by atoms with Crippen molar-refractivity contribution < 1.29 is 14.2 Å². The fourth-order valence-electron chi connectivity index (χ4n) is 1.81. The van der Waals surface area contributed by atoms with E-state index >= 15 is 0 Å². The van der Waals surface area contributed by atoms with Gasteiger partial charge in [0.2, 0.25) is 0 Å². The molecule has 0 aliphatic carbocycles. The molecular formula is C17H20O3. The molecule has 2 aromatic rings. The molecule has 3 nitrogen and oxygen atoms in total. The van der Waals surface area contributed by atoms with Crippen LogP contribution in [0.5, 0.6) is 17.2 Å². The van der Waals surface area contributed by atoms with Crippen LogP contribution >= 0.6 is 0 Å². The smallest absolute Gasteiger partial charge is 0.197 e. The van der Waals surface area contributed by atoms with Crippen LogP contribution in [-0.4, -0.2) is 12.4 Å². The number of rotatable bonds is 6. The molecular weight excluding hydrogens is 252 g/mol. The van der Waals surface area contributed by atoms with Crippen molar-refractivity contribution in [2.24, 2.45) is 0 Å². The van der Waals surface area contributed by atoms with Gasteiger partial charge in [-0.1, -0.05) is 18.2 Å². The molecule has 0 radical (unpaired) electrons. The second kappa shape index (κ2) is 6.96. The Morgan fingerprint density at radius 1 is 0.700 bits per heavy atom. The summed E-state index contributed by atoms with van der Waals surface area (Å²) in [6, 6.07) is 17.2. The second-order valence-corrected chi connectivity index (χ2v) is 4.76. The van der Waals surface area contributed by atoms with Gasteiger partial charge in [0.25, 0.3) is 0 Å². The lowest BCUT2D eigenvalue weighted by Crippen LogP contribution is -2.20. The predicted molar refractivity (Wildman–Crippen MR) is 79.3 cm³/mol. The van der Waals surface area contributed by atoms with E-state index in [9.17, 15) is 0 Å².